The second kappa shape index (κ2) is 4.70. The van der Waals surface area contributed by atoms with Crippen LogP contribution in [0.2, 0.25) is 0 Å². The van der Waals surface area contributed by atoms with E-state index < -0.39 is 23.4 Å². The van der Waals surface area contributed by atoms with Gasteiger partial charge in [-0.2, -0.15) is 13.2 Å². The molecule has 1 aromatic carbocycles. The summed E-state index contributed by atoms with van der Waals surface area (Å²) in [4.78, 5) is 25.9. The molecule has 21 heavy (non-hydrogen) atoms. The minimum absolute atomic E-state index is 0.181. The Balaban J connectivity index is 2.01. The van der Waals surface area contributed by atoms with Crippen LogP contribution in [0, 0.1) is 0 Å². The van der Waals surface area contributed by atoms with Crippen molar-refractivity contribution in [3.05, 3.63) is 51.7 Å². The zero-order valence-corrected chi connectivity index (χ0v) is 11.3. The standard InChI is InChI=1S/C14H8F3NO2S/c15-14(16,17)8-3-4-11-10(6-8)12(19)13(20)18(11)7-9-2-1-5-21-9/h1-6H,7H2. The van der Waals surface area contributed by atoms with Gasteiger partial charge in [-0.15, -0.1) is 11.3 Å². The Labute approximate surface area is 121 Å². The molecule has 0 unspecified atom stereocenters. The summed E-state index contributed by atoms with van der Waals surface area (Å²) in [5.74, 6) is -1.69. The quantitative estimate of drug-likeness (QED) is 0.796. The summed E-state index contributed by atoms with van der Waals surface area (Å²) in [5, 5.41) is 1.82. The van der Waals surface area contributed by atoms with E-state index in [0.717, 1.165) is 17.0 Å². The molecule has 108 valence electrons. The van der Waals surface area contributed by atoms with Crippen LogP contribution < -0.4 is 4.90 Å². The summed E-state index contributed by atoms with van der Waals surface area (Å²) in [7, 11) is 0. The van der Waals surface area contributed by atoms with Crippen LogP contribution >= 0.6 is 11.3 Å². The lowest BCUT2D eigenvalue weighted by molar-refractivity contribution is -0.137. The second-order valence-corrected chi connectivity index (χ2v) is 5.56. The molecule has 7 heteroatoms. The van der Waals surface area contributed by atoms with Crippen LogP contribution in [-0.4, -0.2) is 11.7 Å². The largest absolute Gasteiger partial charge is 0.416 e. The SMILES string of the molecule is O=C1C(=O)N(Cc2cccs2)c2ccc(C(F)(F)F)cc21. The molecule has 2 aromatic rings. The van der Waals surface area contributed by atoms with Crippen LogP contribution in [0.3, 0.4) is 0 Å². The van der Waals surface area contributed by atoms with Gasteiger partial charge in [0, 0.05) is 4.88 Å². The van der Waals surface area contributed by atoms with Gasteiger partial charge in [0.25, 0.3) is 11.7 Å². The Kier molecular flexibility index (Phi) is 3.09. The van der Waals surface area contributed by atoms with E-state index in [1.165, 1.54) is 22.3 Å². The minimum Gasteiger partial charge on any atom is -0.300 e. The number of carbonyl (C=O) groups excluding carboxylic acids is 2. The van der Waals surface area contributed by atoms with Crippen LogP contribution in [0.25, 0.3) is 0 Å². The number of anilines is 1. The molecule has 3 nitrogen and oxygen atoms in total. The molecule has 2 heterocycles. The number of benzene rings is 1. The molecule has 3 rings (SSSR count). The molecule has 1 aliphatic heterocycles. The Morgan fingerprint density at radius 1 is 1.14 bits per heavy atom. The smallest absolute Gasteiger partial charge is 0.300 e. The van der Waals surface area contributed by atoms with Crippen molar-refractivity contribution in [3.63, 3.8) is 0 Å². The molecule has 1 aliphatic rings. The molecule has 0 saturated carbocycles. The van der Waals surface area contributed by atoms with Gasteiger partial charge in [-0.3, -0.25) is 14.5 Å². The number of fused-ring (bicyclic) bond motifs is 1. The molecule has 0 aliphatic carbocycles. The van der Waals surface area contributed by atoms with Crippen LogP contribution in [-0.2, 0) is 17.5 Å². The molecular weight excluding hydrogens is 303 g/mol. The van der Waals surface area contributed by atoms with Gasteiger partial charge in [-0.1, -0.05) is 6.07 Å². The topological polar surface area (TPSA) is 37.4 Å². The Hall–Kier alpha value is -2.15. The highest BCUT2D eigenvalue weighted by molar-refractivity contribution is 7.09. The first-order valence-electron chi connectivity index (χ1n) is 5.98. The van der Waals surface area contributed by atoms with Crippen LogP contribution in [0.1, 0.15) is 20.8 Å². The van der Waals surface area contributed by atoms with Gasteiger partial charge in [-0.25, -0.2) is 0 Å². The third kappa shape index (κ3) is 2.33. The van der Waals surface area contributed by atoms with Crippen LogP contribution in [0.5, 0.6) is 0 Å². The lowest BCUT2D eigenvalue weighted by Gasteiger charge is -2.16. The third-order valence-electron chi connectivity index (χ3n) is 3.19. The first-order valence-corrected chi connectivity index (χ1v) is 6.86. The highest BCUT2D eigenvalue weighted by Crippen LogP contribution is 2.36. The van der Waals surface area contributed by atoms with Gasteiger partial charge < -0.3 is 0 Å². The number of nitrogens with zero attached hydrogens (tertiary/aromatic N) is 1. The highest BCUT2D eigenvalue weighted by atomic mass is 32.1. The normalized spacial score (nSPS) is 14.7. The van der Waals surface area contributed by atoms with E-state index in [4.69, 9.17) is 0 Å². The van der Waals surface area contributed by atoms with Gasteiger partial charge >= 0.3 is 6.18 Å². The molecule has 1 aromatic heterocycles. The minimum atomic E-state index is -4.54. The maximum absolute atomic E-state index is 12.7. The number of ketones is 1. The van der Waals surface area contributed by atoms with Gasteiger partial charge in [0.05, 0.1) is 23.4 Å². The molecule has 0 saturated heterocycles. The molecule has 0 N–H and O–H groups in total. The van der Waals surface area contributed by atoms with Gasteiger partial charge in [-0.05, 0) is 29.6 Å². The summed E-state index contributed by atoms with van der Waals surface area (Å²) < 4.78 is 38.0. The van der Waals surface area contributed by atoms with Crippen molar-refractivity contribution >= 4 is 28.7 Å². The lowest BCUT2D eigenvalue weighted by Crippen LogP contribution is -2.28. The maximum atomic E-state index is 12.7. The average molecular weight is 311 g/mol. The van der Waals surface area contributed by atoms with Crippen molar-refractivity contribution in [3.8, 4) is 0 Å². The number of hydrogen-bond acceptors (Lipinski definition) is 3. The summed E-state index contributed by atoms with van der Waals surface area (Å²) in [6, 6.07) is 6.39. The Morgan fingerprint density at radius 2 is 1.90 bits per heavy atom. The van der Waals surface area contributed by atoms with Crippen LogP contribution in [0.4, 0.5) is 18.9 Å². The predicted octanol–water partition coefficient (Wildman–Crippen LogP) is 3.50. The Bertz CT molecular complexity index is 722. The maximum Gasteiger partial charge on any atom is 0.416 e. The summed E-state index contributed by atoms with van der Waals surface area (Å²) >= 11 is 1.41. The number of thiophene rings is 1. The Morgan fingerprint density at radius 3 is 2.52 bits per heavy atom. The fourth-order valence-electron chi connectivity index (χ4n) is 2.19. The molecular formula is C14H8F3NO2S. The lowest BCUT2D eigenvalue weighted by atomic mass is 10.1. The van der Waals surface area contributed by atoms with Crippen molar-refractivity contribution < 1.29 is 22.8 Å². The molecule has 0 fully saturated rings. The van der Waals surface area contributed by atoms with E-state index in [1.54, 1.807) is 12.1 Å². The second-order valence-electron chi connectivity index (χ2n) is 4.53. The van der Waals surface area contributed by atoms with E-state index in [-0.39, 0.29) is 17.8 Å². The van der Waals surface area contributed by atoms with Crippen LogP contribution in [0.15, 0.2) is 35.7 Å². The highest BCUT2D eigenvalue weighted by Gasteiger charge is 2.39. The van der Waals surface area contributed by atoms with E-state index in [1.807, 2.05) is 5.38 Å². The summed E-state index contributed by atoms with van der Waals surface area (Å²) in [6.45, 7) is 0.181. The van der Waals surface area contributed by atoms with E-state index in [0.29, 0.717) is 0 Å². The molecule has 0 atom stereocenters. The number of alkyl halides is 3. The number of halogens is 3. The molecule has 1 amide bonds. The van der Waals surface area contributed by atoms with E-state index in [9.17, 15) is 22.8 Å². The van der Waals surface area contributed by atoms with E-state index in [2.05, 4.69) is 0 Å². The fraction of sp³-hybridized carbons (Fsp3) is 0.143. The zero-order chi connectivity index (χ0) is 15.2. The van der Waals surface area contributed by atoms with Gasteiger partial charge in [0.1, 0.15) is 0 Å². The number of amides is 1. The number of Topliss-reactive ketones (excluding diaryl/α,β-unsaturated/α-hetero) is 1. The monoisotopic (exact) mass is 311 g/mol. The van der Waals surface area contributed by atoms with Crippen molar-refractivity contribution in [2.45, 2.75) is 12.7 Å². The average Bonchev–Trinajstić information content (AvgIpc) is 3.01. The number of rotatable bonds is 2. The zero-order valence-electron chi connectivity index (χ0n) is 10.5. The first kappa shape index (κ1) is 13.8. The van der Waals surface area contributed by atoms with Gasteiger partial charge in [0.2, 0.25) is 0 Å². The first-order chi connectivity index (χ1) is 9.88. The molecule has 0 bridgehead atoms. The summed E-state index contributed by atoms with van der Waals surface area (Å²) in [5.41, 5.74) is -0.891. The third-order valence-corrected chi connectivity index (χ3v) is 4.05. The molecule has 0 radical (unpaired) electrons. The van der Waals surface area contributed by atoms with Crippen molar-refractivity contribution in [2.24, 2.45) is 0 Å². The molecule has 0 spiro atoms. The van der Waals surface area contributed by atoms with Crippen molar-refractivity contribution in [1.82, 2.24) is 0 Å². The van der Waals surface area contributed by atoms with Crippen molar-refractivity contribution in [1.29, 1.82) is 0 Å². The number of hydrogen-bond donors (Lipinski definition) is 0. The summed E-state index contributed by atoms with van der Waals surface area (Å²) in [6.07, 6.45) is -4.54. The number of carbonyl (C=O) groups is 2. The fourth-order valence-corrected chi connectivity index (χ4v) is 2.88. The predicted molar refractivity (Wildman–Crippen MR) is 71.3 cm³/mol. The van der Waals surface area contributed by atoms with E-state index >= 15 is 0 Å². The van der Waals surface area contributed by atoms with Crippen molar-refractivity contribution in [2.75, 3.05) is 4.90 Å². The van der Waals surface area contributed by atoms with Gasteiger partial charge in [0.15, 0.2) is 0 Å².